The number of aliphatic hydroxyl groups is 2. The van der Waals surface area contributed by atoms with Gasteiger partial charge >= 0.3 is 0 Å². The number of rotatable bonds is 6. The van der Waals surface area contributed by atoms with Crippen LogP contribution in [-0.2, 0) is 9.53 Å². The summed E-state index contributed by atoms with van der Waals surface area (Å²) in [5.41, 5.74) is 5.76. The number of aliphatic hydroxyl groups excluding tert-OH is 2. The van der Waals surface area contributed by atoms with Crippen LogP contribution in [0.5, 0.6) is 0 Å². The van der Waals surface area contributed by atoms with Crippen molar-refractivity contribution in [2.24, 2.45) is 17.6 Å². The summed E-state index contributed by atoms with van der Waals surface area (Å²) in [6.45, 7) is 5.55. The van der Waals surface area contributed by atoms with Gasteiger partial charge in [0, 0.05) is 32.7 Å². The molecule has 2 saturated carbocycles. The SMILES string of the molecule is NC(=O)C1CC(O)C(O)C2C1N(CCN1CCOCC1)C(=S)N2CC1CCCCC1. The van der Waals surface area contributed by atoms with E-state index in [0.29, 0.717) is 17.6 Å². The summed E-state index contributed by atoms with van der Waals surface area (Å²) in [7, 11) is 0. The van der Waals surface area contributed by atoms with E-state index in [-0.39, 0.29) is 18.5 Å². The summed E-state index contributed by atoms with van der Waals surface area (Å²) in [5, 5.41) is 22.1. The molecular formula is C21H36N4O4S. The minimum absolute atomic E-state index is 0.186. The Morgan fingerprint density at radius 1 is 1.07 bits per heavy atom. The zero-order valence-electron chi connectivity index (χ0n) is 17.7. The Hall–Kier alpha value is -1.00. The maximum absolute atomic E-state index is 12.3. The van der Waals surface area contributed by atoms with Crippen LogP contribution in [0.2, 0.25) is 0 Å². The minimum Gasteiger partial charge on any atom is -0.390 e. The van der Waals surface area contributed by atoms with Gasteiger partial charge < -0.3 is 30.5 Å². The number of primary amides is 1. The van der Waals surface area contributed by atoms with E-state index in [1.165, 1.54) is 32.1 Å². The zero-order chi connectivity index (χ0) is 21.3. The molecule has 2 saturated heterocycles. The van der Waals surface area contributed by atoms with Crippen LogP contribution in [-0.4, -0.2) is 106 Å². The highest BCUT2D eigenvalue weighted by molar-refractivity contribution is 7.80. The van der Waals surface area contributed by atoms with Crippen LogP contribution in [0.25, 0.3) is 0 Å². The van der Waals surface area contributed by atoms with E-state index in [1.807, 2.05) is 0 Å². The van der Waals surface area contributed by atoms with Crippen molar-refractivity contribution in [1.29, 1.82) is 0 Å². The topological polar surface area (TPSA) is 102 Å². The fourth-order valence-corrected chi connectivity index (χ4v) is 6.26. The minimum atomic E-state index is -0.959. The number of ether oxygens (including phenoxy) is 1. The Kier molecular flexibility index (Phi) is 7.14. The molecule has 0 aromatic rings. The van der Waals surface area contributed by atoms with E-state index in [9.17, 15) is 15.0 Å². The molecule has 1 amide bonds. The third-order valence-corrected chi connectivity index (χ3v) is 7.99. The normalized spacial score (nSPS) is 36.2. The van der Waals surface area contributed by atoms with Crippen LogP contribution in [0.1, 0.15) is 38.5 Å². The number of carbonyl (C=O) groups excluding carboxylic acids is 1. The van der Waals surface area contributed by atoms with Crippen molar-refractivity contribution in [3.8, 4) is 0 Å². The molecule has 5 unspecified atom stereocenters. The van der Waals surface area contributed by atoms with Crippen LogP contribution in [0.15, 0.2) is 0 Å². The lowest BCUT2D eigenvalue weighted by Gasteiger charge is -2.43. The molecule has 2 heterocycles. The van der Waals surface area contributed by atoms with Gasteiger partial charge in [-0.05, 0) is 37.4 Å². The maximum Gasteiger partial charge on any atom is 0.222 e. The first-order valence-corrected chi connectivity index (χ1v) is 11.9. The van der Waals surface area contributed by atoms with E-state index in [4.69, 9.17) is 22.7 Å². The lowest BCUT2D eigenvalue weighted by molar-refractivity contribution is -0.133. The van der Waals surface area contributed by atoms with E-state index in [2.05, 4.69) is 14.7 Å². The van der Waals surface area contributed by atoms with Crippen molar-refractivity contribution >= 4 is 23.2 Å². The van der Waals surface area contributed by atoms with Crippen LogP contribution in [0.4, 0.5) is 0 Å². The van der Waals surface area contributed by atoms with Gasteiger partial charge in [-0.3, -0.25) is 9.69 Å². The number of thiocarbonyl (C=S) groups is 1. The highest BCUT2D eigenvalue weighted by Crippen LogP contribution is 2.39. The molecule has 0 aromatic heterocycles. The lowest BCUT2D eigenvalue weighted by atomic mass is 9.76. The molecule has 0 bridgehead atoms. The van der Waals surface area contributed by atoms with E-state index in [0.717, 1.165) is 39.4 Å². The monoisotopic (exact) mass is 440 g/mol. The predicted molar refractivity (Wildman–Crippen MR) is 117 cm³/mol. The van der Waals surface area contributed by atoms with Crippen LogP contribution in [0.3, 0.4) is 0 Å². The van der Waals surface area contributed by atoms with Crippen molar-refractivity contribution in [1.82, 2.24) is 14.7 Å². The molecule has 4 fully saturated rings. The largest absolute Gasteiger partial charge is 0.390 e. The van der Waals surface area contributed by atoms with Crippen LogP contribution >= 0.6 is 12.2 Å². The fraction of sp³-hybridized carbons (Fsp3) is 0.905. The molecule has 2 aliphatic carbocycles. The number of morpholine rings is 1. The zero-order valence-corrected chi connectivity index (χ0v) is 18.5. The van der Waals surface area contributed by atoms with Crippen LogP contribution < -0.4 is 5.73 Å². The number of fused-ring (bicyclic) bond motifs is 1. The van der Waals surface area contributed by atoms with Gasteiger partial charge in [-0.15, -0.1) is 0 Å². The molecule has 2 aliphatic heterocycles. The smallest absolute Gasteiger partial charge is 0.222 e. The van der Waals surface area contributed by atoms with E-state index >= 15 is 0 Å². The number of nitrogens with two attached hydrogens (primary N) is 1. The second-order valence-electron chi connectivity index (χ2n) is 9.37. The number of nitrogens with zero attached hydrogens (tertiary/aromatic N) is 3. The molecule has 30 heavy (non-hydrogen) atoms. The third kappa shape index (κ3) is 4.46. The maximum atomic E-state index is 12.3. The number of hydrogen-bond donors (Lipinski definition) is 3. The molecule has 8 nitrogen and oxygen atoms in total. The second-order valence-corrected chi connectivity index (χ2v) is 9.74. The number of carbonyl (C=O) groups is 1. The van der Waals surface area contributed by atoms with E-state index < -0.39 is 24.0 Å². The first kappa shape index (κ1) is 22.2. The van der Waals surface area contributed by atoms with Crippen molar-refractivity contribution in [2.45, 2.75) is 62.8 Å². The van der Waals surface area contributed by atoms with Gasteiger partial charge in [0.1, 0.15) is 6.10 Å². The van der Waals surface area contributed by atoms with Gasteiger partial charge in [0.05, 0.1) is 37.3 Å². The van der Waals surface area contributed by atoms with Gasteiger partial charge in [0.15, 0.2) is 5.11 Å². The Morgan fingerprint density at radius 2 is 1.77 bits per heavy atom. The Bertz CT molecular complexity index is 626. The molecule has 0 radical (unpaired) electrons. The number of amides is 1. The molecule has 0 spiro atoms. The Balaban J connectivity index is 1.55. The third-order valence-electron chi connectivity index (χ3n) is 7.52. The molecule has 4 N–H and O–H groups in total. The van der Waals surface area contributed by atoms with Crippen LogP contribution in [0, 0.1) is 11.8 Å². The molecule has 9 heteroatoms. The number of hydrogen-bond acceptors (Lipinski definition) is 6. The average molecular weight is 441 g/mol. The Morgan fingerprint density at radius 3 is 2.43 bits per heavy atom. The fourth-order valence-electron chi connectivity index (χ4n) is 5.85. The quantitative estimate of drug-likeness (QED) is 0.487. The van der Waals surface area contributed by atoms with Gasteiger partial charge in [0.25, 0.3) is 0 Å². The van der Waals surface area contributed by atoms with Crippen molar-refractivity contribution < 1.29 is 19.7 Å². The molecule has 4 aliphatic rings. The predicted octanol–water partition coefficient (Wildman–Crippen LogP) is -0.234. The van der Waals surface area contributed by atoms with Crippen molar-refractivity contribution in [3.05, 3.63) is 0 Å². The lowest BCUT2D eigenvalue weighted by Crippen LogP contribution is -2.61. The Labute approximate surface area is 184 Å². The summed E-state index contributed by atoms with van der Waals surface area (Å²) in [4.78, 5) is 18.9. The van der Waals surface area contributed by atoms with Gasteiger partial charge in [-0.2, -0.15) is 0 Å². The summed E-state index contributed by atoms with van der Waals surface area (Å²) in [5.74, 6) is -0.406. The first-order valence-electron chi connectivity index (χ1n) is 11.5. The summed E-state index contributed by atoms with van der Waals surface area (Å²) >= 11 is 5.91. The molecule has 0 aromatic carbocycles. The molecular weight excluding hydrogens is 404 g/mol. The summed E-state index contributed by atoms with van der Waals surface area (Å²) in [6.07, 6.45) is 4.38. The van der Waals surface area contributed by atoms with Gasteiger partial charge in [-0.25, -0.2) is 0 Å². The standard InChI is InChI=1S/C21H36N4O4S/c22-20(28)15-12-16(26)19(27)18-17(15)24(7-6-23-8-10-29-11-9-23)21(30)25(18)13-14-4-2-1-3-5-14/h14-19,26-27H,1-13H2,(H2,22,28). The molecule has 4 rings (SSSR count). The van der Waals surface area contributed by atoms with Crippen molar-refractivity contribution in [3.63, 3.8) is 0 Å². The summed E-state index contributed by atoms with van der Waals surface area (Å²) in [6, 6.07) is -0.664. The van der Waals surface area contributed by atoms with Gasteiger partial charge in [0.2, 0.25) is 5.91 Å². The van der Waals surface area contributed by atoms with E-state index in [1.54, 1.807) is 0 Å². The summed E-state index contributed by atoms with van der Waals surface area (Å²) < 4.78 is 5.44. The average Bonchev–Trinajstić information content (AvgIpc) is 3.02. The second kappa shape index (κ2) is 9.65. The molecule has 5 atom stereocenters. The molecule has 170 valence electrons. The van der Waals surface area contributed by atoms with Crippen molar-refractivity contribution in [2.75, 3.05) is 45.9 Å². The van der Waals surface area contributed by atoms with Gasteiger partial charge in [-0.1, -0.05) is 19.3 Å². The highest BCUT2D eigenvalue weighted by atomic mass is 32.1. The highest BCUT2D eigenvalue weighted by Gasteiger charge is 2.56. The first-order chi connectivity index (χ1) is 14.5.